The van der Waals surface area contributed by atoms with E-state index in [4.69, 9.17) is 4.74 Å². The Morgan fingerprint density at radius 3 is 2.65 bits per heavy atom. The second kappa shape index (κ2) is 6.79. The van der Waals surface area contributed by atoms with Gasteiger partial charge in [0.2, 0.25) is 0 Å². The van der Waals surface area contributed by atoms with Gasteiger partial charge in [0.1, 0.15) is 0 Å². The maximum atomic E-state index is 10.3. The zero-order valence-corrected chi connectivity index (χ0v) is 14.4. The van der Waals surface area contributed by atoms with Gasteiger partial charge in [0.05, 0.1) is 23.9 Å². The second-order valence-corrected chi connectivity index (χ2v) is 6.22. The normalized spacial score (nSPS) is 34.9. The first-order valence-electron chi connectivity index (χ1n) is 7.54. The number of ether oxygens (including phenoxy) is 1. The summed E-state index contributed by atoms with van der Waals surface area (Å²) in [5.74, 6) is 0.793. The lowest BCUT2D eigenvalue weighted by Gasteiger charge is -2.26. The second-order valence-electron chi connectivity index (χ2n) is 6.22. The summed E-state index contributed by atoms with van der Waals surface area (Å²) in [5, 5.41) is 17.0. The highest BCUT2D eigenvalue weighted by atomic mass is 127. The zero-order chi connectivity index (χ0) is 13.3. The Labute approximate surface area is 138 Å². The van der Waals surface area contributed by atoms with E-state index in [1.165, 1.54) is 6.42 Å². The van der Waals surface area contributed by atoms with Crippen molar-refractivity contribution >= 4 is 29.9 Å². The highest BCUT2D eigenvalue weighted by molar-refractivity contribution is 14.0. The van der Waals surface area contributed by atoms with Gasteiger partial charge in [0.25, 0.3) is 0 Å². The van der Waals surface area contributed by atoms with Crippen molar-refractivity contribution in [2.75, 3.05) is 13.6 Å². The molecule has 3 atom stereocenters. The van der Waals surface area contributed by atoms with Crippen molar-refractivity contribution in [3.8, 4) is 0 Å². The molecule has 3 N–H and O–H groups in total. The van der Waals surface area contributed by atoms with Crippen LogP contribution in [0.25, 0.3) is 0 Å². The molecule has 1 aliphatic carbocycles. The van der Waals surface area contributed by atoms with E-state index in [1.54, 1.807) is 7.05 Å². The molecule has 116 valence electrons. The third-order valence-corrected chi connectivity index (χ3v) is 4.77. The molecular weight excluding hydrogens is 369 g/mol. The van der Waals surface area contributed by atoms with Crippen LogP contribution in [0.4, 0.5) is 0 Å². The van der Waals surface area contributed by atoms with Crippen LogP contribution in [0.3, 0.4) is 0 Å². The first kappa shape index (κ1) is 16.3. The van der Waals surface area contributed by atoms with Crippen LogP contribution in [0.15, 0.2) is 4.99 Å². The summed E-state index contributed by atoms with van der Waals surface area (Å²) in [4.78, 5) is 4.25. The van der Waals surface area contributed by atoms with Gasteiger partial charge in [-0.3, -0.25) is 4.99 Å². The molecule has 2 bridgehead atoms. The van der Waals surface area contributed by atoms with Crippen LogP contribution in [0.5, 0.6) is 0 Å². The van der Waals surface area contributed by atoms with Crippen molar-refractivity contribution in [1.82, 2.24) is 10.6 Å². The molecule has 2 saturated heterocycles. The third-order valence-electron chi connectivity index (χ3n) is 4.77. The lowest BCUT2D eigenvalue weighted by molar-refractivity contribution is 0.0520. The van der Waals surface area contributed by atoms with E-state index in [0.717, 1.165) is 44.5 Å². The maximum absolute atomic E-state index is 10.3. The van der Waals surface area contributed by atoms with Crippen LogP contribution >= 0.6 is 24.0 Å². The van der Waals surface area contributed by atoms with Crippen LogP contribution in [-0.4, -0.2) is 48.5 Å². The number of nitrogens with one attached hydrogen (secondary N) is 2. The molecule has 0 aromatic rings. The Hall–Kier alpha value is -0.0800. The van der Waals surface area contributed by atoms with E-state index in [0.29, 0.717) is 24.8 Å². The standard InChI is InChI=1S/C14H25N3O2.HI/c1-15-13(16-9-14(18)6-2-3-7-14)17-11-8-10-4-5-12(11)19-10;/h10-12,18H,2-9H2,1H3,(H2,15,16,17);1H. The molecule has 3 rings (SSSR count). The summed E-state index contributed by atoms with van der Waals surface area (Å²) in [7, 11) is 1.78. The van der Waals surface area contributed by atoms with E-state index >= 15 is 0 Å². The van der Waals surface area contributed by atoms with E-state index in [1.807, 2.05) is 0 Å². The van der Waals surface area contributed by atoms with Crippen molar-refractivity contribution in [2.45, 2.75) is 68.8 Å². The number of aliphatic hydroxyl groups is 1. The highest BCUT2D eigenvalue weighted by Gasteiger charge is 2.41. The van der Waals surface area contributed by atoms with Gasteiger partial charge >= 0.3 is 0 Å². The first-order chi connectivity index (χ1) is 9.18. The fourth-order valence-electron chi connectivity index (χ4n) is 3.62. The van der Waals surface area contributed by atoms with Crippen molar-refractivity contribution in [2.24, 2.45) is 4.99 Å². The molecule has 0 amide bonds. The van der Waals surface area contributed by atoms with Crippen LogP contribution < -0.4 is 10.6 Å². The van der Waals surface area contributed by atoms with Gasteiger partial charge in [-0.25, -0.2) is 0 Å². The summed E-state index contributed by atoms with van der Waals surface area (Å²) in [5.41, 5.74) is -0.539. The summed E-state index contributed by atoms with van der Waals surface area (Å²) in [6, 6.07) is 0.378. The lowest BCUT2D eigenvalue weighted by Crippen LogP contribution is -2.51. The van der Waals surface area contributed by atoms with Gasteiger partial charge in [0, 0.05) is 13.6 Å². The van der Waals surface area contributed by atoms with Gasteiger partial charge in [-0.15, -0.1) is 24.0 Å². The predicted molar refractivity (Wildman–Crippen MR) is 89.6 cm³/mol. The van der Waals surface area contributed by atoms with Crippen LogP contribution in [-0.2, 0) is 4.74 Å². The SMILES string of the molecule is CN=C(NCC1(O)CCCC1)NC1CC2CCC1O2.I. The summed E-state index contributed by atoms with van der Waals surface area (Å²) in [6.45, 7) is 0.592. The number of fused-ring (bicyclic) bond motifs is 2. The average molecular weight is 395 g/mol. The number of halogens is 1. The van der Waals surface area contributed by atoms with Gasteiger partial charge in [-0.05, 0) is 32.1 Å². The Morgan fingerprint density at radius 2 is 2.10 bits per heavy atom. The van der Waals surface area contributed by atoms with Gasteiger partial charge in [0.15, 0.2) is 5.96 Å². The van der Waals surface area contributed by atoms with Crippen LogP contribution in [0.1, 0.15) is 44.9 Å². The van der Waals surface area contributed by atoms with E-state index in [-0.39, 0.29) is 24.0 Å². The quantitative estimate of drug-likeness (QED) is 0.384. The van der Waals surface area contributed by atoms with E-state index in [2.05, 4.69) is 15.6 Å². The monoisotopic (exact) mass is 395 g/mol. The summed E-state index contributed by atoms with van der Waals surface area (Å²) in [6.07, 6.45) is 8.28. The average Bonchev–Trinajstić information content (AvgIpc) is 3.11. The Balaban J connectivity index is 0.00000147. The molecule has 6 heteroatoms. The van der Waals surface area contributed by atoms with Crippen LogP contribution in [0.2, 0.25) is 0 Å². The van der Waals surface area contributed by atoms with Crippen molar-refractivity contribution in [3.05, 3.63) is 0 Å². The summed E-state index contributed by atoms with van der Waals surface area (Å²) < 4.78 is 5.83. The molecule has 0 aromatic carbocycles. The summed E-state index contributed by atoms with van der Waals surface area (Å²) >= 11 is 0. The molecule has 3 aliphatic rings. The van der Waals surface area contributed by atoms with E-state index < -0.39 is 5.60 Å². The molecule has 0 radical (unpaired) electrons. The Bertz CT molecular complexity index is 358. The van der Waals surface area contributed by atoms with Crippen molar-refractivity contribution < 1.29 is 9.84 Å². The Kier molecular flexibility index (Phi) is 5.53. The molecule has 3 fully saturated rings. The number of hydrogen-bond acceptors (Lipinski definition) is 3. The number of hydrogen-bond donors (Lipinski definition) is 3. The first-order valence-corrected chi connectivity index (χ1v) is 7.54. The number of guanidine groups is 1. The molecule has 5 nitrogen and oxygen atoms in total. The van der Waals surface area contributed by atoms with Gasteiger partial charge in [-0.1, -0.05) is 12.8 Å². The van der Waals surface area contributed by atoms with Crippen molar-refractivity contribution in [1.29, 1.82) is 0 Å². The Morgan fingerprint density at radius 1 is 1.35 bits per heavy atom. The topological polar surface area (TPSA) is 65.9 Å². The smallest absolute Gasteiger partial charge is 0.191 e. The fraction of sp³-hybridized carbons (Fsp3) is 0.929. The lowest BCUT2D eigenvalue weighted by atomic mass is 9.96. The molecule has 1 saturated carbocycles. The maximum Gasteiger partial charge on any atom is 0.191 e. The minimum absolute atomic E-state index is 0. The molecule has 2 heterocycles. The molecule has 2 aliphatic heterocycles. The molecule has 20 heavy (non-hydrogen) atoms. The number of rotatable bonds is 3. The van der Waals surface area contributed by atoms with Gasteiger partial charge in [-0.2, -0.15) is 0 Å². The minimum Gasteiger partial charge on any atom is -0.388 e. The van der Waals surface area contributed by atoms with Gasteiger partial charge < -0.3 is 20.5 Å². The number of nitrogens with zero attached hydrogens (tertiary/aromatic N) is 1. The highest BCUT2D eigenvalue weighted by Crippen LogP contribution is 2.34. The fourth-order valence-corrected chi connectivity index (χ4v) is 3.62. The third kappa shape index (κ3) is 3.57. The zero-order valence-electron chi connectivity index (χ0n) is 12.1. The minimum atomic E-state index is -0.539. The van der Waals surface area contributed by atoms with Crippen LogP contribution in [0, 0.1) is 0 Å². The van der Waals surface area contributed by atoms with E-state index in [9.17, 15) is 5.11 Å². The number of aliphatic imine (C=N–C) groups is 1. The molecular formula is C14H26IN3O2. The molecule has 0 spiro atoms. The van der Waals surface area contributed by atoms with Crippen molar-refractivity contribution in [3.63, 3.8) is 0 Å². The largest absolute Gasteiger partial charge is 0.388 e. The molecule has 0 aromatic heterocycles. The molecule has 3 unspecified atom stereocenters. The predicted octanol–water partition coefficient (Wildman–Crippen LogP) is 1.39.